The Morgan fingerprint density at radius 3 is 2.60 bits per heavy atom. The molecule has 1 aromatic heterocycles. The number of nitrogens with one attached hydrogen (secondary N) is 1. The summed E-state index contributed by atoms with van der Waals surface area (Å²) in [6.07, 6.45) is 0. The summed E-state index contributed by atoms with van der Waals surface area (Å²) in [6, 6.07) is 7.83. The molecule has 0 radical (unpaired) electrons. The van der Waals surface area contributed by atoms with Crippen LogP contribution in [-0.4, -0.2) is 28.6 Å². The van der Waals surface area contributed by atoms with E-state index in [1.165, 1.54) is 7.11 Å². The number of nitrogens with zero attached hydrogens (tertiary/aromatic N) is 3. The molecule has 7 heteroatoms. The fraction of sp³-hybridized carbons (Fsp3) is 0.308. The fourth-order valence-electron chi connectivity index (χ4n) is 1.49. The molecule has 6 nitrogen and oxygen atoms in total. The normalized spacial score (nSPS) is 10.2. The van der Waals surface area contributed by atoms with Gasteiger partial charge in [0.05, 0.1) is 7.11 Å². The zero-order valence-corrected chi connectivity index (χ0v) is 12.0. The van der Waals surface area contributed by atoms with Gasteiger partial charge in [-0.2, -0.15) is 9.97 Å². The van der Waals surface area contributed by atoms with Crippen LogP contribution in [0.15, 0.2) is 24.3 Å². The van der Waals surface area contributed by atoms with E-state index in [1.54, 1.807) is 6.07 Å². The number of hydrogen-bond acceptors (Lipinski definition) is 6. The molecule has 0 bridgehead atoms. The number of methoxy groups -OCH3 is 1. The van der Waals surface area contributed by atoms with Gasteiger partial charge < -0.3 is 14.8 Å². The molecule has 0 aliphatic heterocycles. The molecule has 0 atom stereocenters. The number of benzene rings is 1. The van der Waals surface area contributed by atoms with E-state index in [-0.39, 0.29) is 18.6 Å². The van der Waals surface area contributed by atoms with E-state index in [9.17, 15) is 0 Å². The van der Waals surface area contributed by atoms with E-state index in [2.05, 4.69) is 20.3 Å². The molecular weight excluding hydrogens is 280 g/mol. The number of hydrogen-bond donors (Lipinski definition) is 1. The lowest BCUT2D eigenvalue weighted by Crippen LogP contribution is -2.08. The average Bonchev–Trinajstić information content (AvgIpc) is 2.46. The van der Waals surface area contributed by atoms with Gasteiger partial charge in [0.25, 0.3) is 0 Å². The molecule has 1 heterocycles. The maximum Gasteiger partial charge on any atom is 0.324 e. The topological polar surface area (TPSA) is 69.2 Å². The zero-order chi connectivity index (χ0) is 14.4. The van der Waals surface area contributed by atoms with Crippen molar-refractivity contribution in [2.75, 3.05) is 19.0 Å². The SMILES string of the molecule is CCNc1nc(OC)nc(OCc2ccccc2Cl)n1. The van der Waals surface area contributed by atoms with Crippen LogP contribution in [0.2, 0.25) is 5.02 Å². The molecule has 0 amide bonds. The summed E-state index contributed by atoms with van der Waals surface area (Å²) in [5, 5.41) is 3.62. The van der Waals surface area contributed by atoms with Gasteiger partial charge in [-0.3, -0.25) is 0 Å². The number of anilines is 1. The van der Waals surface area contributed by atoms with E-state index in [0.717, 1.165) is 5.56 Å². The first-order chi connectivity index (χ1) is 9.72. The molecule has 20 heavy (non-hydrogen) atoms. The minimum Gasteiger partial charge on any atom is -0.467 e. The molecule has 1 aromatic carbocycles. The van der Waals surface area contributed by atoms with Crippen molar-refractivity contribution in [3.63, 3.8) is 0 Å². The van der Waals surface area contributed by atoms with E-state index in [0.29, 0.717) is 17.5 Å². The summed E-state index contributed by atoms with van der Waals surface area (Å²) in [6.45, 7) is 2.91. The molecule has 1 N–H and O–H groups in total. The van der Waals surface area contributed by atoms with Crippen LogP contribution in [0.4, 0.5) is 5.95 Å². The Morgan fingerprint density at radius 2 is 1.90 bits per heavy atom. The molecule has 2 rings (SSSR count). The largest absolute Gasteiger partial charge is 0.467 e. The molecule has 0 spiro atoms. The Hall–Kier alpha value is -2.08. The average molecular weight is 295 g/mol. The maximum absolute atomic E-state index is 6.06. The van der Waals surface area contributed by atoms with Crippen LogP contribution < -0.4 is 14.8 Å². The Bertz CT molecular complexity index is 580. The van der Waals surface area contributed by atoms with Gasteiger partial charge in [-0.05, 0) is 13.0 Å². The van der Waals surface area contributed by atoms with Crippen molar-refractivity contribution in [1.29, 1.82) is 0 Å². The minimum atomic E-state index is 0.188. The van der Waals surface area contributed by atoms with Gasteiger partial charge in [-0.1, -0.05) is 29.8 Å². The molecule has 0 unspecified atom stereocenters. The van der Waals surface area contributed by atoms with Crippen molar-refractivity contribution in [3.05, 3.63) is 34.9 Å². The van der Waals surface area contributed by atoms with Crippen LogP contribution in [-0.2, 0) is 6.61 Å². The second kappa shape index (κ2) is 6.91. The van der Waals surface area contributed by atoms with E-state index >= 15 is 0 Å². The van der Waals surface area contributed by atoms with Crippen LogP contribution in [0.3, 0.4) is 0 Å². The highest BCUT2D eigenvalue weighted by molar-refractivity contribution is 6.31. The van der Waals surface area contributed by atoms with Crippen molar-refractivity contribution in [2.24, 2.45) is 0 Å². The lowest BCUT2D eigenvalue weighted by atomic mass is 10.2. The van der Waals surface area contributed by atoms with Crippen molar-refractivity contribution in [1.82, 2.24) is 15.0 Å². The van der Waals surface area contributed by atoms with Crippen molar-refractivity contribution >= 4 is 17.5 Å². The Balaban J connectivity index is 2.12. The predicted molar refractivity (Wildman–Crippen MR) is 76.3 cm³/mol. The number of ether oxygens (including phenoxy) is 2. The Labute approximate surface area is 122 Å². The molecular formula is C13H15ClN4O2. The summed E-state index contributed by atoms with van der Waals surface area (Å²) >= 11 is 6.06. The van der Waals surface area contributed by atoms with Gasteiger partial charge in [0, 0.05) is 17.1 Å². The predicted octanol–water partition coefficient (Wildman–Crippen LogP) is 2.54. The van der Waals surface area contributed by atoms with E-state index < -0.39 is 0 Å². The second-order valence-electron chi connectivity index (χ2n) is 3.84. The molecule has 0 aliphatic rings. The minimum absolute atomic E-state index is 0.188. The first-order valence-electron chi connectivity index (χ1n) is 6.13. The standard InChI is InChI=1S/C13H15ClN4O2/c1-3-15-11-16-12(19-2)18-13(17-11)20-8-9-6-4-5-7-10(9)14/h4-7H,3,8H2,1-2H3,(H,15,16,17,18). The Morgan fingerprint density at radius 1 is 1.15 bits per heavy atom. The monoisotopic (exact) mass is 294 g/mol. The summed E-state index contributed by atoms with van der Waals surface area (Å²) in [7, 11) is 1.49. The summed E-state index contributed by atoms with van der Waals surface area (Å²) < 4.78 is 10.5. The molecule has 0 fully saturated rings. The summed E-state index contributed by atoms with van der Waals surface area (Å²) in [4.78, 5) is 12.2. The van der Waals surface area contributed by atoms with Crippen LogP contribution in [0.5, 0.6) is 12.0 Å². The second-order valence-corrected chi connectivity index (χ2v) is 4.25. The van der Waals surface area contributed by atoms with Crippen molar-refractivity contribution in [3.8, 4) is 12.0 Å². The number of rotatable bonds is 6. The fourth-order valence-corrected chi connectivity index (χ4v) is 1.68. The van der Waals surface area contributed by atoms with Crippen LogP contribution in [0.25, 0.3) is 0 Å². The highest BCUT2D eigenvalue weighted by Gasteiger charge is 2.08. The lowest BCUT2D eigenvalue weighted by Gasteiger charge is -2.08. The van der Waals surface area contributed by atoms with Gasteiger partial charge in [0.1, 0.15) is 6.61 Å². The smallest absolute Gasteiger partial charge is 0.324 e. The molecule has 0 saturated carbocycles. The first-order valence-corrected chi connectivity index (χ1v) is 6.51. The van der Waals surface area contributed by atoms with Crippen LogP contribution >= 0.6 is 11.6 Å². The Kier molecular flexibility index (Phi) is 4.95. The van der Waals surface area contributed by atoms with Crippen LogP contribution in [0, 0.1) is 0 Å². The van der Waals surface area contributed by atoms with Gasteiger partial charge in [0.15, 0.2) is 0 Å². The highest BCUT2D eigenvalue weighted by Crippen LogP contribution is 2.18. The maximum atomic E-state index is 6.06. The van der Waals surface area contributed by atoms with Crippen molar-refractivity contribution < 1.29 is 9.47 Å². The number of aromatic nitrogens is 3. The lowest BCUT2D eigenvalue weighted by molar-refractivity contribution is 0.271. The van der Waals surface area contributed by atoms with Gasteiger partial charge in [0.2, 0.25) is 5.95 Å². The molecule has 2 aromatic rings. The van der Waals surface area contributed by atoms with E-state index in [4.69, 9.17) is 21.1 Å². The molecule has 0 saturated heterocycles. The quantitative estimate of drug-likeness (QED) is 0.883. The first kappa shape index (κ1) is 14.3. The van der Waals surface area contributed by atoms with Gasteiger partial charge in [-0.15, -0.1) is 4.98 Å². The zero-order valence-electron chi connectivity index (χ0n) is 11.3. The third kappa shape index (κ3) is 3.71. The van der Waals surface area contributed by atoms with Gasteiger partial charge in [-0.25, -0.2) is 0 Å². The summed E-state index contributed by atoms with van der Waals surface area (Å²) in [5.41, 5.74) is 0.860. The highest BCUT2D eigenvalue weighted by atomic mass is 35.5. The molecule has 106 valence electrons. The number of halogens is 1. The van der Waals surface area contributed by atoms with Crippen LogP contribution in [0.1, 0.15) is 12.5 Å². The third-order valence-electron chi connectivity index (χ3n) is 2.43. The molecule has 0 aliphatic carbocycles. The van der Waals surface area contributed by atoms with Crippen molar-refractivity contribution in [2.45, 2.75) is 13.5 Å². The van der Waals surface area contributed by atoms with E-state index in [1.807, 2.05) is 25.1 Å². The third-order valence-corrected chi connectivity index (χ3v) is 2.80. The summed E-state index contributed by atoms with van der Waals surface area (Å²) in [5.74, 6) is 0.411. The van der Waals surface area contributed by atoms with Gasteiger partial charge >= 0.3 is 12.0 Å².